The van der Waals surface area contributed by atoms with Crippen molar-refractivity contribution in [1.82, 2.24) is 10.2 Å². The van der Waals surface area contributed by atoms with Crippen molar-refractivity contribution in [3.8, 4) is 0 Å². The fraction of sp³-hybridized carbons (Fsp3) is 0.529. The van der Waals surface area contributed by atoms with E-state index in [-0.39, 0.29) is 6.04 Å². The average Bonchev–Trinajstić information content (AvgIpc) is 2.56. The van der Waals surface area contributed by atoms with E-state index in [1.165, 1.54) is 0 Å². The smallest absolute Gasteiger partial charge is 0.313 e. The van der Waals surface area contributed by atoms with Gasteiger partial charge in [-0.3, -0.25) is 9.59 Å². The molecule has 0 spiro atoms. The lowest BCUT2D eigenvalue weighted by atomic mass is 10.2. The Morgan fingerprint density at radius 3 is 2.26 bits per heavy atom. The van der Waals surface area contributed by atoms with E-state index >= 15 is 0 Å². The summed E-state index contributed by atoms with van der Waals surface area (Å²) in [5, 5.41) is 5.28. The largest absolute Gasteiger partial charge is 0.369 e. The van der Waals surface area contributed by atoms with Crippen LogP contribution in [-0.4, -0.2) is 56.0 Å². The molecule has 1 heterocycles. The van der Waals surface area contributed by atoms with Gasteiger partial charge in [0, 0.05) is 43.6 Å². The molecular weight excluding hydrogens is 292 g/mol. The number of carbonyl (C=O) groups is 2. The summed E-state index contributed by atoms with van der Waals surface area (Å²) in [6, 6.07) is 7.62. The van der Waals surface area contributed by atoms with Crippen LogP contribution in [0.1, 0.15) is 20.3 Å². The van der Waals surface area contributed by atoms with Crippen molar-refractivity contribution in [1.29, 1.82) is 0 Å². The minimum atomic E-state index is -0.627. The zero-order valence-electron chi connectivity index (χ0n) is 14.1. The summed E-state index contributed by atoms with van der Waals surface area (Å²) in [7, 11) is 2.13. The molecule has 2 N–H and O–H groups in total. The van der Waals surface area contributed by atoms with Crippen molar-refractivity contribution < 1.29 is 9.59 Å². The van der Waals surface area contributed by atoms with Crippen molar-refractivity contribution in [2.75, 3.05) is 43.4 Å². The fourth-order valence-electron chi connectivity index (χ4n) is 2.40. The maximum absolute atomic E-state index is 11.8. The Morgan fingerprint density at radius 1 is 1.09 bits per heavy atom. The van der Waals surface area contributed by atoms with Gasteiger partial charge in [0.15, 0.2) is 0 Å². The molecule has 1 fully saturated rings. The monoisotopic (exact) mass is 318 g/mol. The highest BCUT2D eigenvalue weighted by Crippen LogP contribution is 2.19. The Bertz CT molecular complexity index is 536. The molecule has 0 saturated carbocycles. The number of hydrogen-bond donors (Lipinski definition) is 2. The van der Waals surface area contributed by atoms with Crippen LogP contribution in [0, 0.1) is 0 Å². The van der Waals surface area contributed by atoms with Crippen molar-refractivity contribution in [2.45, 2.75) is 26.3 Å². The Hall–Kier alpha value is -2.08. The second kappa shape index (κ2) is 7.97. The van der Waals surface area contributed by atoms with Crippen molar-refractivity contribution >= 4 is 23.2 Å². The highest BCUT2D eigenvalue weighted by molar-refractivity contribution is 6.39. The molecule has 2 rings (SSSR count). The summed E-state index contributed by atoms with van der Waals surface area (Å²) in [6.45, 7) is 7.93. The molecule has 0 aliphatic carbocycles. The van der Waals surface area contributed by atoms with Crippen LogP contribution in [0.4, 0.5) is 11.4 Å². The molecule has 23 heavy (non-hydrogen) atoms. The van der Waals surface area contributed by atoms with Crippen LogP contribution in [0.3, 0.4) is 0 Å². The molecule has 1 aliphatic rings. The lowest BCUT2D eigenvalue weighted by Gasteiger charge is -2.34. The van der Waals surface area contributed by atoms with Gasteiger partial charge in [0.05, 0.1) is 0 Å². The predicted octanol–water partition coefficient (Wildman–Crippen LogP) is 1.29. The number of anilines is 2. The molecule has 1 aliphatic heterocycles. The topological polar surface area (TPSA) is 64.7 Å². The summed E-state index contributed by atoms with van der Waals surface area (Å²) in [6.07, 6.45) is 0.790. The molecule has 0 aromatic heterocycles. The average molecular weight is 318 g/mol. The molecule has 1 aromatic rings. The van der Waals surface area contributed by atoms with Crippen molar-refractivity contribution in [2.24, 2.45) is 0 Å². The first-order chi connectivity index (χ1) is 11.0. The first-order valence-electron chi connectivity index (χ1n) is 8.15. The number of rotatable bonds is 4. The van der Waals surface area contributed by atoms with E-state index < -0.39 is 11.8 Å². The Morgan fingerprint density at radius 2 is 1.70 bits per heavy atom. The summed E-state index contributed by atoms with van der Waals surface area (Å²) < 4.78 is 0. The van der Waals surface area contributed by atoms with Gasteiger partial charge in [-0.25, -0.2) is 0 Å². The van der Waals surface area contributed by atoms with E-state index in [0.717, 1.165) is 38.3 Å². The first-order valence-corrected chi connectivity index (χ1v) is 8.15. The van der Waals surface area contributed by atoms with E-state index in [4.69, 9.17) is 0 Å². The normalized spacial score (nSPS) is 16.7. The zero-order chi connectivity index (χ0) is 16.8. The molecule has 0 unspecified atom stereocenters. The van der Waals surface area contributed by atoms with Crippen LogP contribution in [0.25, 0.3) is 0 Å². The Kier molecular flexibility index (Phi) is 5.98. The molecule has 0 radical (unpaired) electrons. The standard InChI is InChI=1S/C17H26N4O2/c1-4-13(2)18-16(22)17(23)19-14-5-7-15(8-6-14)21-11-9-20(3)10-12-21/h5-8,13H,4,9-12H2,1-3H3,(H,18,22)(H,19,23)/t13-/m1/s1. The highest BCUT2D eigenvalue weighted by Gasteiger charge is 2.16. The van der Waals surface area contributed by atoms with Gasteiger partial charge in [0.1, 0.15) is 0 Å². The Labute approximate surface area is 137 Å². The second-order valence-corrected chi connectivity index (χ2v) is 6.07. The molecule has 126 valence electrons. The number of benzene rings is 1. The van der Waals surface area contributed by atoms with Gasteiger partial charge in [-0.1, -0.05) is 6.92 Å². The van der Waals surface area contributed by atoms with E-state index in [0.29, 0.717) is 5.69 Å². The van der Waals surface area contributed by atoms with Gasteiger partial charge >= 0.3 is 11.8 Å². The minimum absolute atomic E-state index is 0.00661. The number of piperazine rings is 1. The van der Waals surface area contributed by atoms with Crippen molar-refractivity contribution in [3.05, 3.63) is 24.3 Å². The fourth-order valence-corrected chi connectivity index (χ4v) is 2.40. The number of nitrogens with one attached hydrogen (secondary N) is 2. The van der Waals surface area contributed by atoms with E-state index in [2.05, 4.69) is 27.5 Å². The quantitative estimate of drug-likeness (QED) is 0.821. The molecule has 6 heteroatoms. The number of hydrogen-bond acceptors (Lipinski definition) is 4. The highest BCUT2D eigenvalue weighted by atomic mass is 16.2. The van der Waals surface area contributed by atoms with Gasteiger partial charge in [0.2, 0.25) is 0 Å². The predicted molar refractivity (Wildman–Crippen MR) is 92.7 cm³/mol. The van der Waals surface area contributed by atoms with Crippen LogP contribution in [0.2, 0.25) is 0 Å². The number of amides is 2. The first kappa shape index (κ1) is 17.3. The Balaban J connectivity index is 1.89. The molecule has 6 nitrogen and oxygen atoms in total. The van der Waals surface area contributed by atoms with Crippen LogP contribution >= 0.6 is 0 Å². The third kappa shape index (κ3) is 4.96. The van der Waals surface area contributed by atoms with E-state index in [9.17, 15) is 9.59 Å². The lowest BCUT2D eigenvalue weighted by molar-refractivity contribution is -0.136. The van der Waals surface area contributed by atoms with Gasteiger partial charge in [0.25, 0.3) is 0 Å². The van der Waals surface area contributed by atoms with Crippen LogP contribution < -0.4 is 15.5 Å². The SMILES string of the molecule is CC[C@@H](C)NC(=O)C(=O)Nc1ccc(N2CCN(C)CC2)cc1. The second-order valence-electron chi connectivity index (χ2n) is 6.07. The molecule has 1 atom stereocenters. The molecule has 1 saturated heterocycles. The van der Waals surface area contributed by atoms with E-state index in [1.807, 2.05) is 38.1 Å². The van der Waals surface area contributed by atoms with Gasteiger partial charge < -0.3 is 20.4 Å². The zero-order valence-corrected chi connectivity index (χ0v) is 14.1. The van der Waals surface area contributed by atoms with Crippen LogP contribution in [-0.2, 0) is 9.59 Å². The van der Waals surface area contributed by atoms with Gasteiger partial charge in [-0.15, -0.1) is 0 Å². The summed E-state index contributed by atoms with van der Waals surface area (Å²) in [5.41, 5.74) is 1.77. The van der Waals surface area contributed by atoms with Crippen molar-refractivity contribution in [3.63, 3.8) is 0 Å². The third-order valence-corrected chi connectivity index (χ3v) is 4.19. The maximum Gasteiger partial charge on any atom is 0.313 e. The minimum Gasteiger partial charge on any atom is -0.369 e. The van der Waals surface area contributed by atoms with E-state index in [1.54, 1.807) is 0 Å². The van der Waals surface area contributed by atoms with Crippen LogP contribution in [0.5, 0.6) is 0 Å². The maximum atomic E-state index is 11.8. The summed E-state index contributed by atoms with van der Waals surface area (Å²) in [5.74, 6) is -1.22. The number of carbonyl (C=O) groups excluding carboxylic acids is 2. The van der Waals surface area contributed by atoms with Gasteiger partial charge in [-0.05, 0) is 44.7 Å². The summed E-state index contributed by atoms with van der Waals surface area (Å²) >= 11 is 0. The lowest BCUT2D eigenvalue weighted by Crippen LogP contribution is -2.44. The number of likely N-dealkylation sites (N-methyl/N-ethyl adjacent to an activating group) is 1. The van der Waals surface area contributed by atoms with Gasteiger partial charge in [-0.2, -0.15) is 0 Å². The molecule has 1 aromatic carbocycles. The summed E-state index contributed by atoms with van der Waals surface area (Å²) in [4.78, 5) is 28.2. The number of nitrogens with zero attached hydrogens (tertiary/aromatic N) is 2. The third-order valence-electron chi connectivity index (χ3n) is 4.19. The molecule has 2 amide bonds. The van der Waals surface area contributed by atoms with Crippen LogP contribution in [0.15, 0.2) is 24.3 Å². The molecule has 0 bridgehead atoms. The molecular formula is C17H26N4O2.